The fourth-order valence-electron chi connectivity index (χ4n) is 3.27. The smallest absolute Gasteiger partial charge is 0.251 e. The molecule has 0 saturated carbocycles. The van der Waals surface area contributed by atoms with E-state index in [1.165, 1.54) is 12.1 Å². The number of carbonyl (C=O) groups is 1. The second kappa shape index (κ2) is 11.7. The Balaban J connectivity index is 1.59. The van der Waals surface area contributed by atoms with Crippen molar-refractivity contribution in [1.29, 1.82) is 0 Å². The van der Waals surface area contributed by atoms with Gasteiger partial charge < -0.3 is 15.2 Å². The summed E-state index contributed by atoms with van der Waals surface area (Å²) in [5.41, 5.74) is 2.37. The summed E-state index contributed by atoms with van der Waals surface area (Å²) < 4.78 is 33.5. The van der Waals surface area contributed by atoms with E-state index in [4.69, 9.17) is 4.74 Å². The lowest BCUT2D eigenvalue weighted by atomic mass is 10.1. The number of hydrogen-bond acceptors (Lipinski definition) is 5. The van der Waals surface area contributed by atoms with Crippen LogP contribution in [0, 0.1) is 0 Å². The molecular weight excluding hydrogens is 440 g/mol. The highest BCUT2D eigenvalue weighted by molar-refractivity contribution is 7.89. The molecule has 0 spiro atoms. The number of amides is 1. The highest BCUT2D eigenvalue weighted by Crippen LogP contribution is 2.21. The van der Waals surface area contributed by atoms with Crippen molar-refractivity contribution >= 4 is 15.9 Å². The van der Waals surface area contributed by atoms with Crippen molar-refractivity contribution in [2.24, 2.45) is 0 Å². The fourth-order valence-corrected chi connectivity index (χ4v) is 4.32. The van der Waals surface area contributed by atoms with Gasteiger partial charge in [0.25, 0.3) is 5.91 Å². The summed E-state index contributed by atoms with van der Waals surface area (Å²) >= 11 is 0. The Morgan fingerprint density at radius 2 is 1.45 bits per heavy atom. The van der Waals surface area contributed by atoms with E-state index in [9.17, 15) is 18.3 Å². The van der Waals surface area contributed by atoms with E-state index < -0.39 is 22.2 Å². The fraction of sp³-hybridized carbons (Fsp3) is 0.240. The second-order valence-corrected chi connectivity index (χ2v) is 9.15. The summed E-state index contributed by atoms with van der Waals surface area (Å²) in [7, 11) is -3.81. The largest absolute Gasteiger partial charge is 0.389 e. The van der Waals surface area contributed by atoms with Gasteiger partial charge in [0.1, 0.15) is 0 Å². The average Bonchev–Trinajstić information content (AvgIpc) is 2.86. The lowest BCUT2D eigenvalue weighted by Gasteiger charge is -2.23. The number of ether oxygens (including phenoxy) is 1. The summed E-state index contributed by atoms with van der Waals surface area (Å²) in [6.07, 6.45) is -1.93. The molecule has 0 aromatic heterocycles. The zero-order valence-corrected chi connectivity index (χ0v) is 19.2. The highest BCUT2D eigenvalue weighted by Gasteiger charge is 2.24. The standard InChI is InChI=1S/C25H28N2O5S/c1-2-32-24(23(28)17-26-25(29)21-11-7-4-8-12-21)18-27-33(30,31)22-15-13-20(14-16-22)19-9-5-3-6-10-19/h3-16,23-24,27-28H,2,17-18H2,1H3,(H,26,29)/t23-,24+/m0/s1. The minimum atomic E-state index is -3.81. The van der Waals surface area contributed by atoms with Crippen molar-refractivity contribution in [2.75, 3.05) is 19.7 Å². The first-order chi connectivity index (χ1) is 15.9. The van der Waals surface area contributed by atoms with Crippen LogP contribution in [0.4, 0.5) is 0 Å². The highest BCUT2D eigenvalue weighted by atomic mass is 32.2. The van der Waals surface area contributed by atoms with Gasteiger partial charge >= 0.3 is 0 Å². The Hall–Kier alpha value is -3.04. The Morgan fingerprint density at radius 3 is 2.06 bits per heavy atom. The number of rotatable bonds is 11. The Kier molecular flexibility index (Phi) is 8.73. The lowest BCUT2D eigenvalue weighted by Crippen LogP contribution is -2.46. The van der Waals surface area contributed by atoms with Gasteiger partial charge in [0.05, 0.1) is 17.1 Å². The molecule has 3 N–H and O–H groups in total. The second-order valence-electron chi connectivity index (χ2n) is 7.38. The van der Waals surface area contributed by atoms with Crippen LogP contribution in [0.5, 0.6) is 0 Å². The molecule has 33 heavy (non-hydrogen) atoms. The van der Waals surface area contributed by atoms with E-state index >= 15 is 0 Å². The quantitative estimate of drug-likeness (QED) is 0.401. The normalized spacial score (nSPS) is 13.3. The van der Waals surface area contributed by atoms with Crippen molar-refractivity contribution in [2.45, 2.75) is 24.0 Å². The maximum atomic E-state index is 12.7. The zero-order valence-electron chi connectivity index (χ0n) is 18.3. The maximum absolute atomic E-state index is 12.7. The van der Waals surface area contributed by atoms with Gasteiger partial charge in [0, 0.05) is 25.3 Å². The van der Waals surface area contributed by atoms with Crippen LogP contribution in [0.25, 0.3) is 11.1 Å². The van der Waals surface area contributed by atoms with Crippen molar-refractivity contribution in [3.63, 3.8) is 0 Å². The molecule has 0 fully saturated rings. The number of nitrogens with one attached hydrogen (secondary N) is 2. The van der Waals surface area contributed by atoms with Gasteiger partial charge in [-0.1, -0.05) is 60.7 Å². The minimum absolute atomic E-state index is 0.0775. The Labute approximate surface area is 194 Å². The van der Waals surface area contributed by atoms with Gasteiger partial charge in [-0.2, -0.15) is 0 Å². The summed E-state index contributed by atoms with van der Waals surface area (Å²) in [6.45, 7) is 1.81. The SMILES string of the molecule is CCO[C@H](CNS(=O)(=O)c1ccc(-c2ccccc2)cc1)[C@@H](O)CNC(=O)c1ccccc1. The Morgan fingerprint density at radius 1 is 0.879 bits per heavy atom. The molecule has 0 aliphatic carbocycles. The topological polar surface area (TPSA) is 105 Å². The molecule has 3 aromatic carbocycles. The van der Waals surface area contributed by atoms with Crippen molar-refractivity contribution in [1.82, 2.24) is 10.0 Å². The van der Waals surface area contributed by atoms with Gasteiger partial charge in [-0.05, 0) is 42.3 Å². The number of hydrogen-bond donors (Lipinski definition) is 3. The van der Waals surface area contributed by atoms with Crippen LogP contribution in [0.1, 0.15) is 17.3 Å². The summed E-state index contributed by atoms with van der Waals surface area (Å²) in [6, 6.07) is 24.9. The molecule has 8 heteroatoms. The number of aliphatic hydroxyl groups is 1. The van der Waals surface area contributed by atoms with Crippen LogP contribution in [0.3, 0.4) is 0 Å². The molecule has 0 aliphatic rings. The zero-order chi connectivity index (χ0) is 23.7. The molecule has 1 amide bonds. The van der Waals surface area contributed by atoms with Gasteiger partial charge in [-0.3, -0.25) is 4.79 Å². The number of aliphatic hydroxyl groups excluding tert-OH is 1. The molecule has 3 aromatic rings. The molecule has 0 aliphatic heterocycles. The third-order valence-electron chi connectivity index (χ3n) is 5.06. The lowest BCUT2D eigenvalue weighted by molar-refractivity contribution is -0.0269. The molecule has 0 saturated heterocycles. The minimum Gasteiger partial charge on any atom is -0.389 e. The van der Waals surface area contributed by atoms with Gasteiger partial charge in [0.2, 0.25) is 10.0 Å². The molecule has 7 nitrogen and oxygen atoms in total. The Bertz CT molecular complexity index is 1120. The number of benzene rings is 3. The molecule has 0 bridgehead atoms. The molecule has 174 valence electrons. The first kappa shape index (κ1) is 24.6. The predicted molar refractivity (Wildman–Crippen MR) is 127 cm³/mol. The number of carbonyl (C=O) groups excluding carboxylic acids is 1. The average molecular weight is 469 g/mol. The third-order valence-corrected chi connectivity index (χ3v) is 6.50. The van der Waals surface area contributed by atoms with Crippen molar-refractivity contribution in [3.05, 3.63) is 90.5 Å². The van der Waals surface area contributed by atoms with Crippen molar-refractivity contribution in [3.8, 4) is 11.1 Å². The monoisotopic (exact) mass is 468 g/mol. The van der Waals surface area contributed by atoms with Crippen molar-refractivity contribution < 1.29 is 23.1 Å². The first-order valence-corrected chi connectivity index (χ1v) is 12.2. The first-order valence-electron chi connectivity index (χ1n) is 10.7. The van der Waals surface area contributed by atoms with Crippen LogP contribution in [0.2, 0.25) is 0 Å². The molecular formula is C25H28N2O5S. The van der Waals surface area contributed by atoms with E-state index in [1.54, 1.807) is 49.4 Å². The molecule has 0 heterocycles. The predicted octanol–water partition coefficient (Wildman–Crippen LogP) is 2.83. The van der Waals surface area contributed by atoms with Gasteiger partial charge in [0.15, 0.2) is 0 Å². The third kappa shape index (κ3) is 6.97. The molecule has 3 rings (SSSR count). The van der Waals surface area contributed by atoms with Crippen LogP contribution in [-0.2, 0) is 14.8 Å². The van der Waals surface area contributed by atoms with E-state index in [0.717, 1.165) is 11.1 Å². The van der Waals surface area contributed by atoms with Crippen LogP contribution in [-0.4, -0.2) is 51.3 Å². The van der Waals surface area contributed by atoms with Crippen LogP contribution >= 0.6 is 0 Å². The van der Waals surface area contributed by atoms with E-state index in [1.807, 2.05) is 30.3 Å². The molecule has 0 unspecified atom stereocenters. The summed E-state index contributed by atoms with van der Waals surface area (Å²) in [5.74, 6) is -0.330. The van der Waals surface area contributed by atoms with Gasteiger partial charge in [-0.15, -0.1) is 0 Å². The van der Waals surface area contributed by atoms with Gasteiger partial charge in [-0.25, -0.2) is 13.1 Å². The molecule has 2 atom stereocenters. The van der Waals surface area contributed by atoms with Crippen LogP contribution < -0.4 is 10.0 Å². The number of sulfonamides is 1. The maximum Gasteiger partial charge on any atom is 0.251 e. The van der Waals surface area contributed by atoms with E-state index in [-0.39, 0.29) is 30.5 Å². The van der Waals surface area contributed by atoms with E-state index in [0.29, 0.717) is 5.56 Å². The molecule has 0 radical (unpaired) electrons. The summed E-state index contributed by atoms with van der Waals surface area (Å²) in [5, 5.41) is 13.1. The van der Waals surface area contributed by atoms with E-state index in [2.05, 4.69) is 10.0 Å². The summed E-state index contributed by atoms with van der Waals surface area (Å²) in [4.78, 5) is 12.3. The van der Waals surface area contributed by atoms with Crippen LogP contribution in [0.15, 0.2) is 89.8 Å².